The molecule has 0 aromatic carbocycles. The Morgan fingerprint density at radius 2 is 1.72 bits per heavy atom. The van der Waals surface area contributed by atoms with Crippen molar-refractivity contribution < 1.29 is 24.2 Å². The Kier molecular flexibility index (Phi) is 5.59. The van der Waals surface area contributed by atoms with Crippen LogP contribution in [-0.4, -0.2) is 36.9 Å². The van der Waals surface area contributed by atoms with Gasteiger partial charge in [0.05, 0.1) is 13.2 Å². The lowest BCUT2D eigenvalue weighted by Gasteiger charge is -2.14. The van der Waals surface area contributed by atoms with Gasteiger partial charge in [-0.1, -0.05) is 6.42 Å². The summed E-state index contributed by atoms with van der Waals surface area (Å²) in [5.41, 5.74) is -1.07. The van der Waals surface area contributed by atoms with Gasteiger partial charge in [-0.15, -0.1) is 0 Å². The van der Waals surface area contributed by atoms with E-state index in [0.29, 0.717) is 12.8 Å². The highest BCUT2D eigenvalue weighted by Gasteiger charge is 2.67. The Hall–Kier alpha value is -1.10. The fourth-order valence-corrected chi connectivity index (χ4v) is 2.28. The number of aliphatic hydroxyl groups excluding tert-OH is 1. The van der Waals surface area contributed by atoms with Crippen molar-refractivity contribution in [1.82, 2.24) is 0 Å². The predicted octanol–water partition coefficient (Wildman–Crippen LogP) is 1.28. The van der Waals surface area contributed by atoms with Gasteiger partial charge in [-0.2, -0.15) is 0 Å². The molecule has 1 unspecified atom stereocenters. The summed E-state index contributed by atoms with van der Waals surface area (Å²) in [5, 5.41) is 8.73. The van der Waals surface area contributed by atoms with Gasteiger partial charge >= 0.3 is 11.9 Å². The van der Waals surface area contributed by atoms with E-state index in [9.17, 15) is 9.59 Å². The Balaban J connectivity index is 2.62. The monoisotopic (exact) mass is 258 g/mol. The van der Waals surface area contributed by atoms with Crippen molar-refractivity contribution in [3.8, 4) is 0 Å². The summed E-state index contributed by atoms with van der Waals surface area (Å²) < 4.78 is 9.97. The quantitative estimate of drug-likeness (QED) is 0.403. The summed E-state index contributed by atoms with van der Waals surface area (Å²) in [6.07, 6.45) is 2.76. The number of ether oxygens (including phenoxy) is 2. The van der Waals surface area contributed by atoms with Crippen LogP contribution in [-0.2, 0) is 19.1 Å². The SMILES string of the molecule is CCOC(=O)C1(C(=O)OCC)CC1CCCCO. The predicted molar refractivity (Wildman–Crippen MR) is 64.7 cm³/mol. The first-order chi connectivity index (χ1) is 8.63. The standard InChI is InChI=1S/C13H22O5/c1-3-17-11(15)13(12(16)18-4-2)9-10(13)7-5-6-8-14/h10,14H,3-9H2,1-2H3. The molecule has 0 aromatic rings. The summed E-state index contributed by atoms with van der Waals surface area (Å²) in [5.74, 6) is -0.919. The van der Waals surface area contributed by atoms with Crippen molar-refractivity contribution in [3.05, 3.63) is 0 Å². The number of hydrogen-bond donors (Lipinski definition) is 1. The zero-order valence-corrected chi connectivity index (χ0v) is 11.1. The van der Waals surface area contributed by atoms with Crippen LogP contribution in [0.4, 0.5) is 0 Å². The largest absolute Gasteiger partial charge is 0.465 e. The molecule has 0 spiro atoms. The van der Waals surface area contributed by atoms with Gasteiger partial charge in [0.25, 0.3) is 0 Å². The van der Waals surface area contributed by atoms with E-state index in [-0.39, 0.29) is 25.7 Å². The molecule has 5 nitrogen and oxygen atoms in total. The van der Waals surface area contributed by atoms with E-state index in [2.05, 4.69) is 0 Å². The third kappa shape index (κ3) is 3.02. The third-order valence-electron chi connectivity index (χ3n) is 3.35. The molecular formula is C13H22O5. The van der Waals surface area contributed by atoms with Crippen LogP contribution < -0.4 is 0 Å². The molecule has 0 radical (unpaired) electrons. The lowest BCUT2D eigenvalue weighted by molar-refractivity contribution is -0.165. The molecule has 0 aliphatic heterocycles. The van der Waals surface area contributed by atoms with E-state index in [1.165, 1.54) is 0 Å². The maximum Gasteiger partial charge on any atom is 0.323 e. The van der Waals surface area contributed by atoms with Crippen LogP contribution in [0.3, 0.4) is 0 Å². The number of hydrogen-bond acceptors (Lipinski definition) is 5. The van der Waals surface area contributed by atoms with Gasteiger partial charge in [-0.05, 0) is 39.0 Å². The van der Waals surface area contributed by atoms with Crippen molar-refractivity contribution in [3.63, 3.8) is 0 Å². The zero-order valence-electron chi connectivity index (χ0n) is 11.1. The van der Waals surface area contributed by atoms with Crippen LogP contribution >= 0.6 is 0 Å². The van der Waals surface area contributed by atoms with Crippen LogP contribution in [0.25, 0.3) is 0 Å². The maximum atomic E-state index is 11.9. The van der Waals surface area contributed by atoms with Crippen molar-refractivity contribution in [2.75, 3.05) is 19.8 Å². The van der Waals surface area contributed by atoms with Gasteiger partial charge in [0, 0.05) is 6.61 Å². The van der Waals surface area contributed by atoms with Crippen molar-refractivity contribution in [2.45, 2.75) is 39.5 Å². The molecule has 1 saturated carbocycles. The summed E-state index contributed by atoms with van der Waals surface area (Å²) in [4.78, 5) is 23.8. The Morgan fingerprint density at radius 3 is 2.17 bits per heavy atom. The van der Waals surface area contributed by atoms with Gasteiger partial charge in [-0.3, -0.25) is 9.59 Å². The maximum absolute atomic E-state index is 11.9. The van der Waals surface area contributed by atoms with Crippen molar-refractivity contribution in [2.24, 2.45) is 11.3 Å². The smallest absolute Gasteiger partial charge is 0.323 e. The van der Waals surface area contributed by atoms with Crippen molar-refractivity contribution in [1.29, 1.82) is 0 Å². The molecule has 5 heteroatoms. The van der Waals surface area contributed by atoms with Gasteiger partial charge in [0.15, 0.2) is 5.41 Å². The van der Waals surface area contributed by atoms with E-state index in [0.717, 1.165) is 12.8 Å². The first-order valence-corrected chi connectivity index (χ1v) is 6.58. The number of unbranched alkanes of at least 4 members (excludes halogenated alkanes) is 1. The van der Waals surface area contributed by atoms with Gasteiger partial charge in [0.1, 0.15) is 0 Å². The highest BCUT2D eigenvalue weighted by molar-refractivity contribution is 6.03. The van der Waals surface area contributed by atoms with Crippen LogP contribution in [0.5, 0.6) is 0 Å². The summed E-state index contributed by atoms with van der Waals surface area (Å²) in [6.45, 7) is 4.12. The van der Waals surface area contributed by atoms with Crippen LogP contribution in [0.1, 0.15) is 39.5 Å². The van der Waals surface area contributed by atoms with Crippen molar-refractivity contribution >= 4 is 11.9 Å². The second-order valence-corrected chi connectivity index (χ2v) is 4.53. The summed E-state index contributed by atoms with van der Waals surface area (Å²) >= 11 is 0. The van der Waals surface area contributed by atoms with Gasteiger partial charge < -0.3 is 14.6 Å². The molecule has 1 fully saturated rings. The molecule has 104 valence electrons. The van der Waals surface area contributed by atoms with E-state index in [1.54, 1.807) is 13.8 Å². The first-order valence-electron chi connectivity index (χ1n) is 6.58. The lowest BCUT2D eigenvalue weighted by atomic mass is 10.0. The molecule has 0 amide bonds. The minimum atomic E-state index is -1.07. The Bertz CT molecular complexity index is 282. The number of carbonyl (C=O) groups excluding carboxylic acids is 2. The molecule has 18 heavy (non-hydrogen) atoms. The van der Waals surface area contributed by atoms with E-state index < -0.39 is 17.4 Å². The molecule has 1 aliphatic carbocycles. The fourth-order valence-electron chi connectivity index (χ4n) is 2.28. The average Bonchev–Trinajstić information content (AvgIpc) is 3.06. The molecule has 1 N–H and O–H groups in total. The van der Waals surface area contributed by atoms with Gasteiger partial charge in [0.2, 0.25) is 0 Å². The molecule has 0 aromatic heterocycles. The van der Waals surface area contributed by atoms with E-state index >= 15 is 0 Å². The van der Waals surface area contributed by atoms with Crippen LogP contribution in [0.2, 0.25) is 0 Å². The van der Waals surface area contributed by atoms with Crippen LogP contribution in [0, 0.1) is 11.3 Å². The number of aliphatic hydroxyl groups is 1. The second kappa shape index (κ2) is 6.73. The minimum absolute atomic E-state index is 0.00199. The fraction of sp³-hybridized carbons (Fsp3) is 0.846. The van der Waals surface area contributed by atoms with Crippen LogP contribution in [0.15, 0.2) is 0 Å². The number of carbonyl (C=O) groups is 2. The number of rotatable bonds is 8. The third-order valence-corrected chi connectivity index (χ3v) is 3.35. The van der Waals surface area contributed by atoms with E-state index in [4.69, 9.17) is 14.6 Å². The Morgan fingerprint density at radius 1 is 1.17 bits per heavy atom. The first kappa shape index (κ1) is 15.0. The highest BCUT2D eigenvalue weighted by atomic mass is 16.6. The molecule has 0 bridgehead atoms. The summed E-state index contributed by atoms with van der Waals surface area (Å²) in [7, 11) is 0. The molecule has 1 aliphatic rings. The van der Waals surface area contributed by atoms with Gasteiger partial charge in [-0.25, -0.2) is 0 Å². The topological polar surface area (TPSA) is 72.8 Å². The molecule has 0 heterocycles. The minimum Gasteiger partial charge on any atom is -0.465 e. The summed E-state index contributed by atoms with van der Waals surface area (Å²) in [6, 6.07) is 0. The molecular weight excluding hydrogens is 236 g/mol. The average molecular weight is 258 g/mol. The molecule has 1 atom stereocenters. The highest BCUT2D eigenvalue weighted by Crippen LogP contribution is 2.56. The van der Waals surface area contributed by atoms with E-state index in [1.807, 2.05) is 0 Å². The molecule has 1 rings (SSSR count). The lowest BCUT2D eigenvalue weighted by Crippen LogP contribution is -2.32. The number of esters is 2. The Labute approximate surface area is 107 Å². The second-order valence-electron chi connectivity index (χ2n) is 4.53. The molecule has 0 saturated heterocycles. The normalized spacial score (nSPS) is 20.3. The zero-order chi connectivity index (χ0) is 13.6.